The first kappa shape index (κ1) is 23.1. The molecule has 176 valence electrons. The number of urea groups is 1. The maximum Gasteiger partial charge on any atom is 0.323 e. The van der Waals surface area contributed by atoms with Crippen LogP contribution in [0.2, 0.25) is 0 Å². The van der Waals surface area contributed by atoms with Gasteiger partial charge in [-0.1, -0.05) is 31.2 Å². The normalized spacial score (nSPS) is 15.1. The Hall–Kier alpha value is -4.07. The van der Waals surface area contributed by atoms with Crippen molar-refractivity contribution in [1.82, 2.24) is 4.90 Å². The molecule has 2 N–H and O–H groups in total. The van der Waals surface area contributed by atoms with E-state index in [1.54, 1.807) is 72.7 Å². The second kappa shape index (κ2) is 10.2. The third kappa shape index (κ3) is 5.28. The van der Waals surface area contributed by atoms with Crippen LogP contribution in [0, 0.1) is 5.82 Å². The van der Waals surface area contributed by atoms with Crippen LogP contribution in [-0.4, -0.2) is 30.1 Å². The summed E-state index contributed by atoms with van der Waals surface area (Å²) in [7, 11) is 1.56. The summed E-state index contributed by atoms with van der Waals surface area (Å²) in [4.78, 5) is 27.2. The smallest absolute Gasteiger partial charge is 0.323 e. The molecule has 1 atom stereocenters. The number of carbonyl (C=O) groups excluding carboxylic acids is 2. The average Bonchev–Trinajstić information content (AvgIpc) is 2.96. The molecule has 1 heterocycles. The van der Waals surface area contributed by atoms with Crippen LogP contribution in [0.25, 0.3) is 0 Å². The second-order valence-electron chi connectivity index (χ2n) is 7.93. The molecule has 0 aromatic heterocycles. The van der Waals surface area contributed by atoms with Crippen molar-refractivity contribution in [2.45, 2.75) is 32.5 Å². The summed E-state index contributed by atoms with van der Waals surface area (Å²) < 4.78 is 25.4. The van der Waals surface area contributed by atoms with E-state index in [1.165, 1.54) is 6.07 Å². The number of hydrogen-bond acceptors (Lipinski definition) is 4. The second-order valence-corrected chi connectivity index (χ2v) is 7.93. The zero-order valence-electron chi connectivity index (χ0n) is 19.0. The van der Waals surface area contributed by atoms with Crippen molar-refractivity contribution >= 4 is 23.3 Å². The van der Waals surface area contributed by atoms with E-state index in [4.69, 9.17) is 9.47 Å². The van der Waals surface area contributed by atoms with Gasteiger partial charge in [-0.15, -0.1) is 0 Å². The van der Waals surface area contributed by atoms with Crippen LogP contribution in [0.15, 0.2) is 66.7 Å². The topological polar surface area (TPSA) is 79.9 Å². The summed E-state index contributed by atoms with van der Waals surface area (Å²) in [5.74, 6) is 0.630. The third-order valence-corrected chi connectivity index (χ3v) is 5.55. The highest BCUT2D eigenvalue weighted by Crippen LogP contribution is 2.30. The summed E-state index contributed by atoms with van der Waals surface area (Å²) in [6, 6.07) is 18.2. The van der Waals surface area contributed by atoms with Gasteiger partial charge in [0.05, 0.1) is 7.11 Å². The molecule has 0 bridgehead atoms. The van der Waals surface area contributed by atoms with Gasteiger partial charge in [0.25, 0.3) is 5.91 Å². The highest BCUT2D eigenvalue weighted by atomic mass is 19.1. The first-order valence-electron chi connectivity index (χ1n) is 11.0. The Morgan fingerprint density at radius 1 is 1.09 bits per heavy atom. The number of halogens is 1. The molecule has 34 heavy (non-hydrogen) atoms. The van der Waals surface area contributed by atoms with Crippen LogP contribution in [0.1, 0.15) is 24.5 Å². The van der Waals surface area contributed by atoms with Gasteiger partial charge in [0.15, 0.2) is 6.10 Å². The molecule has 0 fully saturated rings. The van der Waals surface area contributed by atoms with Crippen LogP contribution in [0.3, 0.4) is 0 Å². The maximum atomic E-state index is 14.3. The van der Waals surface area contributed by atoms with Crippen molar-refractivity contribution < 1.29 is 23.5 Å². The number of hydrogen-bond donors (Lipinski definition) is 2. The van der Waals surface area contributed by atoms with E-state index in [-0.39, 0.29) is 24.8 Å². The third-order valence-electron chi connectivity index (χ3n) is 5.55. The monoisotopic (exact) mass is 463 g/mol. The molecule has 3 aromatic rings. The van der Waals surface area contributed by atoms with Gasteiger partial charge in [-0.25, -0.2) is 9.18 Å². The quantitative estimate of drug-likeness (QED) is 0.528. The van der Waals surface area contributed by atoms with Crippen molar-refractivity contribution in [2.24, 2.45) is 0 Å². The summed E-state index contributed by atoms with van der Waals surface area (Å²) in [5.41, 5.74) is 2.28. The van der Waals surface area contributed by atoms with Gasteiger partial charge in [-0.2, -0.15) is 0 Å². The number of anilines is 2. The van der Waals surface area contributed by atoms with Crippen LogP contribution in [0.4, 0.5) is 20.6 Å². The summed E-state index contributed by atoms with van der Waals surface area (Å²) in [5, 5.41) is 5.56. The predicted molar refractivity (Wildman–Crippen MR) is 127 cm³/mol. The van der Waals surface area contributed by atoms with Gasteiger partial charge >= 0.3 is 6.03 Å². The number of fused-ring (bicyclic) bond motifs is 1. The largest absolute Gasteiger partial charge is 0.497 e. The Kier molecular flexibility index (Phi) is 6.96. The zero-order valence-corrected chi connectivity index (χ0v) is 19.0. The van der Waals surface area contributed by atoms with Gasteiger partial charge in [0.1, 0.15) is 17.3 Å². The minimum atomic E-state index is -0.664. The molecule has 1 aliphatic rings. The van der Waals surface area contributed by atoms with E-state index >= 15 is 0 Å². The van der Waals surface area contributed by atoms with Crippen molar-refractivity contribution in [2.75, 3.05) is 17.7 Å². The van der Waals surface area contributed by atoms with Crippen LogP contribution in [0.5, 0.6) is 11.5 Å². The SMILES string of the molecule is CC[C@@H]1Oc2ccc(NC(=O)Nc3cccc(OC)c3)cc2CN(Cc2ccccc2F)C1=O. The lowest BCUT2D eigenvalue weighted by atomic mass is 10.1. The molecule has 3 aromatic carbocycles. The lowest BCUT2D eigenvalue weighted by molar-refractivity contribution is -0.139. The van der Waals surface area contributed by atoms with E-state index in [9.17, 15) is 14.0 Å². The average molecular weight is 464 g/mol. The van der Waals surface area contributed by atoms with Crippen molar-refractivity contribution in [1.29, 1.82) is 0 Å². The fourth-order valence-electron chi connectivity index (χ4n) is 3.80. The number of methoxy groups -OCH3 is 1. The summed E-state index contributed by atoms with van der Waals surface area (Å²) >= 11 is 0. The minimum Gasteiger partial charge on any atom is -0.497 e. The van der Waals surface area contributed by atoms with E-state index in [1.807, 2.05) is 6.92 Å². The van der Waals surface area contributed by atoms with Gasteiger partial charge in [-0.05, 0) is 42.8 Å². The lowest BCUT2D eigenvalue weighted by Crippen LogP contribution is -2.39. The highest BCUT2D eigenvalue weighted by molar-refractivity contribution is 6.00. The molecule has 0 spiro atoms. The Labute approximate surface area is 197 Å². The summed E-state index contributed by atoms with van der Waals surface area (Å²) in [6.45, 7) is 2.22. The standard InChI is InChI=1S/C26H26FN3O4/c1-3-23-25(31)30(15-17-7-4-5-10-22(17)27)16-18-13-20(11-12-24(18)34-23)29-26(32)28-19-8-6-9-21(14-19)33-2/h4-14,23H,3,15-16H2,1-2H3,(H2,28,29,32)/t23-/m0/s1. The van der Waals surface area contributed by atoms with Crippen LogP contribution >= 0.6 is 0 Å². The molecule has 0 aliphatic carbocycles. The maximum absolute atomic E-state index is 14.3. The molecule has 7 nitrogen and oxygen atoms in total. The van der Waals surface area contributed by atoms with Crippen molar-refractivity contribution in [3.05, 3.63) is 83.7 Å². The fourth-order valence-corrected chi connectivity index (χ4v) is 3.80. The Morgan fingerprint density at radius 3 is 2.59 bits per heavy atom. The van der Waals surface area contributed by atoms with Gasteiger partial charge in [-0.3, -0.25) is 4.79 Å². The molecular weight excluding hydrogens is 437 g/mol. The van der Waals surface area contributed by atoms with Crippen molar-refractivity contribution in [3.8, 4) is 11.5 Å². The molecule has 0 radical (unpaired) electrons. The van der Waals surface area contributed by atoms with E-state index in [2.05, 4.69) is 10.6 Å². The summed E-state index contributed by atoms with van der Waals surface area (Å²) in [6.07, 6.45) is -0.183. The van der Waals surface area contributed by atoms with Crippen LogP contribution < -0.4 is 20.1 Å². The predicted octanol–water partition coefficient (Wildman–Crippen LogP) is 5.18. The first-order chi connectivity index (χ1) is 16.5. The molecule has 8 heteroatoms. The zero-order chi connectivity index (χ0) is 24.1. The number of amides is 3. The molecule has 4 rings (SSSR count). The number of benzene rings is 3. The van der Waals surface area contributed by atoms with Crippen LogP contribution in [-0.2, 0) is 17.9 Å². The van der Waals surface area contributed by atoms with Gasteiger partial charge < -0.3 is 25.0 Å². The molecular formula is C26H26FN3O4. The van der Waals surface area contributed by atoms with Gasteiger partial charge in [0.2, 0.25) is 0 Å². The molecule has 1 aliphatic heterocycles. The fraction of sp³-hybridized carbons (Fsp3) is 0.231. The molecule has 0 unspecified atom stereocenters. The van der Waals surface area contributed by atoms with Crippen molar-refractivity contribution in [3.63, 3.8) is 0 Å². The molecule has 0 saturated heterocycles. The first-order valence-corrected chi connectivity index (χ1v) is 11.0. The highest BCUT2D eigenvalue weighted by Gasteiger charge is 2.30. The Bertz CT molecular complexity index is 1200. The van der Waals surface area contributed by atoms with E-state index in [0.717, 1.165) is 5.56 Å². The number of nitrogens with one attached hydrogen (secondary N) is 2. The van der Waals surface area contributed by atoms with Gasteiger partial charge in [0, 0.05) is 41.7 Å². The van der Waals surface area contributed by atoms with E-state index < -0.39 is 12.1 Å². The minimum absolute atomic E-state index is 0.124. The number of ether oxygens (including phenoxy) is 2. The van der Waals surface area contributed by atoms with E-state index in [0.29, 0.717) is 34.9 Å². The number of carbonyl (C=O) groups is 2. The Balaban J connectivity index is 1.53. The molecule has 0 saturated carbocycles. The number of rotatable bonds is 6. The lowest BCUT2D eigenvalue weighted by Gasteiger charge is -2.23. The number of nitrogens with zero attached hydrogens (tertiary/aromatic N) is 1. The molecule has 3 amide bonds. The Morgan fingerprint density at radius 2 is 1.85 bits per heavy atom.